The number of fused-ring (bicyclic) bond motifs is 1. The molecule has 4 amide bonds. The molecule has 0 aliphatic carbocycles. The predicted octanol–water partition coefficient (Wildman–Crippen LogP) is 2.45. The molecule has 0 bridgehead atoms. The number of para-hydroxylation sites is 1. The molecule has 4 N–H and O–H groups in total. The highest BCUT2D eigenvalue weighted by Crippen LogP contribution is 2.19. The van der Waals surface area contributed by atoms with Gasteiger partial charge in [-0.1, -0.05) is 37.6 Å². The SMILES string of the molecule is CC(C)C[C@@H]1NC(=O)C[C@@H](C(=O)NCCOc2ccc(Cl)cc2)NC(=O)c2ccccc2OC[C@@H](C)NC1=O. The number of amides is 4. The predicted molar refractivity (Wildman–Crippen MR) is 147 cm³/mol. The van der Waals surface area contributed by atoms with E-state index >= 15 is 0 Å². The standard InChI is InChI=1S/C28H35ClN4O6/c1-17(2)14-22-28(37)31-18(3)16-39-24-7-5-4-6-21(24)26(35)33-23(15-25(34)32-22)27(36)30-12-13-38-20-10-8-19(29)9-11-20/h4-11,17-18,22-23H,12-16H2,1-3H3,(H,30,36)(H,31,37)(H,32,34)(H,33,35)/t18-,22+,23+/m1/s1. The van der Waals surface area contributed by atoms with Gasteiger partial charge in [0.2, 0.25) is 17.7 Å². The Balaban J connectivity index is 1.76. The van der Waals surface area contributed by atoms with Crippen molar-refractivity contribution < 1.29 is 28.7 Å². The van der Waals surface area contributed by atoms with Crippen LogP contribution in [0.1, 0.15) is 44.0 Å². The molecule has 0 saturated heterocycles. The molecule has 2 aromatic rings. The third kappa shape index (κ3) is 9.47. The Morgan fingerprint density at radius 3 is 2.51 bits per heavy atom. The number of nitrogens with one attached hydrogen (secondary N) is 4. The summed E-state index contributed by atoms with van der Waals surface area (Å²) < 4.78 is 11.4. The highest BCUT2D eigenvalue weighted by atomic mass is 35.5. The maximum absolute atomic E-state index is 13.2. The molecule has 11 heteroatoms. The average molecular weight is 559 g/mol. The second kappa shape index (κ2) is 14.4. The van der Waals surface area contributed by atoms with Crippen LogP contribution in [0.4, 0.5) is 0 Å². The minimum atomic E-state index is -1.20. The van der Waals surface area contributed by atoms with E-state index in [0.29, 0.717) is 22.9 Å². The summed E-state index contributed by atoms with van der Waals surface area (Å²) in [6.07, 6.45) is 0.0370. The monoisotopic (exact) mass is 558 g/mol. The lowest BCUT2D eigenvalue weighted by Crippen LogP contribution is -2.54. The first kappa shape index (κ1) is 29.8. The zero-order valence-corrected chi connectivity index (χ0v) is 23.0. The molecule has 1 aliphatic rings. The number of benzene rings is 2. The van der Waals surface area contributed by atoms with Crippen molar-refractivity contribution in [2.75, 3.05) is 19.8 Å². The van der Waals surface area contributed by atoms with Crippen LogP contribution in [-0.4, -0.2) is 61.5 Å². The van der Waals surface area contributed by atoms with Crippen LogP contribution in [0.3, 0.4) is 0 Å². The Hall–Kier alpha value is -3.79. The van der Waals surface area contributed by atoms with Crippen molar-refractivity contribution in [3.05, 3.63) is 59.1 Å². The van der Waals surface area contributed by atoms with Crippen LogP contribution in [0.2, 0.25) is 5.02 Å². The van der Waals surface area contributed by atoms with Gasteiger partial charge in [-0.15, -0.1) is 0 Å². The largest absolute Gasteiger partial charge is 0.492 e. The van der Waals surface area contributed by atoms with E-state index in [1.807, 2.05) is 13.8 Å². The molecule has 0 unspecified atom stereocenters. The van der Waals surface area contributed by atoms with Gasteiger partial charge in [0.1, 0.15) is 36.8 Å². The summed E-state index contributed by atoms with van der Waals surface area (Å²) in [5.74, 6) is -1.01. The van der Waals surface area contributed by atoms with Gasteiger partial charge in [-0.25, -0.2) is 0 Å². The molecule has 10 nitrogen and oxygen atoms in total. The molecule has 3 rings (SSSR count). The van der Waals surface area contributed by atoms with Crippen molar-refractivity contribution >= 4 is 35.2 Å². The lowest BCUT2D eigenvalue weighted by molar-refractivity contribution is -0.131. The molecule has 0 saturated carbocycles. The number of ether oxygens (including phenoxy) is 2. The molecule has 2 aromatic carbocycles. The summed E-state index contributed by atoms with van der Waals surface area (Å²) in [7, 11) is 0. The molecule has 3 atom stereocenters. The Morgan fingerprint density at radius 1 is 1.08 bits per heavy atom. The fourth-order valence-corrected chi connectivity index (χ4v) is 4.09. The number of halogens is 1. The van der Waals surface area contributed by atoms with E-state index in [9.17, 15) is 19.2 Å². The van der Waals surface area contributed by atoms with Crippen molar-refractivity contribution in [1.82, 2.24) is 21.3 Å². The smallest absolute Gasteiger partial charge is 0.255 e. The normalized spacial score (nSPS) is 20.4. The molecular formula is C28H35ClN4O6. The van der Waals surface area contributed by atoms with Crippen LogP contribution >= 0.6 is 11.6 Å². The summed E-state index contributed by atoms with van der Waals surface area (Å²) in [4.78, 5) is 52.2. The Kier molecular flexibility index (Phi) is 11.0. The van der Waals surface area contributed by atoms with Gasteiger partial charge in [-0.3, -0.25) is 19.2 Å². The minimum Gasteiger partial charge on any atom is -0.492 e. The zero-order chi connectivity index (χ0) is 28.4. The topological polar surface area (TPSA) is 135 Å². The Labute approximate surface area is 233 Å². The Bertz CT molecular complexity index is 1160. The highest BCUT2D eigenvalue weighted by Gasteiger charge is 2.29. The van der Waals surface area contributed by atoms with Crippen molar-refractivity contribution in [3.8, 4) is 11.5 Å². The maximum Gasteiger partial charge on any atom is 0.255 e. The lowest BCUT2D eigenvalue weighted by atomic mass is 10.0. The van der Waals surface area contributed by atoms with Crippen molar-refractivity contribution in [2.24, 2.45) is 5.92 Å². The average Bonchev–Trinajstić information content (AvgIpc) is 2.89. The van der Waals surface area contributed by atoms with E-state index < -0.39 is 29.8 Å². The maximum atomic E-state index is 13.2. The first-order valence-corrected chi connectivity index (χ1v) is 13.3. The van der Waals surface area contributed by atoms with Crippen LogP contribution in [0.5, 0.6) is 11.5 Å². The second-order valence-corrected chi connectivity index (χ2v) is 10.2. The number of hydrogen-bond acceptors (Lipinski definition) is 6. The third-order valence-corrected chi connectivity index (χ3v) is 6.11. The number of carbonyl (C=O) groups is 4. The van der Waals surface area contributed by atoms with Crippen molar-refractivity contribution in [2.45, 2.75) is 51.7 Å². The quantitative estimate of drug-likeness (QED) is 0.386. The van der Waals surface area contributed by atoms with Crippen LogP contribution in [0, 0.1) is 5.92 Å². The lowest BCUT2D eigenvalue weighted by Gasteiger charge is -2.25. The van der Waals surface area contributed by atoms with E-state index in [2.05, 4.69) is 21.3 Å². The molecule has 0 fully saturated rings. The molecule has 0 aromatic heterocycles. The molecule has 0 radical (unpaired) electrons. The van der Waals surface area contributed by atoms with E-state index in [1.54, 1.807) is 55.5 Å². The number of rotatable bonds is 7. The van der Waals surface area contributed by atoms with E-state index in [1.165, 1.54) is 0 Å². The summed E-state index contributed by atoms with van der Waals surface area (Å²) >= 11 is 5.88. The third-order valence-electron chi connectivity index (χ3n) is 5.86. The van der Waals surface area contributed by atoms with Crippen molar-refractivity contribution in [1.29, 1.82) is 0 Å². The van der Waals surface area contributed by atoms with Gasteiger partial charge in [0.05, 0.1) is 24.6 Å². The highest BCUT2D eigenvalue weighted by molar-refractivity contribution is 6.30. The van der Waals surface area contributed by atoms with Gasteiger partial charge >= 0.3 is 0 Å². The van der Waals surface area contributed by atoms with Gasteiger partial charge in [0.15, 0.2) is 0 Å². The van der Waals surface area contributed by atoms with E-state index in [0.717, 1.165) is 0 Å². The minimum absolute atomic E-state index is 0.107. The van der Waals surface area contributed by atoms with E-state index in [4.69, 9.17) is 21.1 Å². The molecule has 0 spiro atoms. The molecule has 1 heterocycles. The molecule has 39 heavy (non-hydrogen) atoms. The zero-order valence-electron chi connectivity index (χ0n) is 22.3. The summed E-state index contributed by atoms with van der Waals surface area (Å²) in [6, 6.07) is 11.0. The first-order valence-electron chi connectivity index (χ1n) is 12.9. The fourth-order valence-electron chi connectivity index (χ4n) is 3.96. The van der Waals surface area contributed by atoms with Crippen LogP contribution in [0.25, 0.3) is 0 Å². The molecular weight excluding hydrogens is 524 g/mol. The first-order chi connectivity index (χ1) is 18.6. The van der Waals surface area contributed by atoms with Crippen LogP contribution < -0.4 is 30.7 Å². The molecule has 210 valence electrons. The van der Waals surface area contributed by atoms with Crippen LogP contribution in [0.15, 0.2) is 48.5 Å². The summed E-state index contributed by atoms with van der Waals surface area (Å²) in [6.45, 7) is 6.05. The van der Waals surface area contributed by atoms with Gasteiger partial charge in [0.25, 0.3) is 5.91 Å². The van der Waals surface area contributed by atoms with E-state index in [-0.39, 0.29) is 49.6 Å². The van der Waals surface area contributed by atoms with Gasteiger partial charge in [0, 0.05) is 5.02 Å². The number of hydrogen-bond donors (Lipinski definition) is 4. The van der Waals surface area contributed by atoms with Gasteiger partial charge in [-0.05, 0) is 55.7 Å². The second-order valence-electron chi connectivity index (χ2n) is 9.79. The number of carbonyl (C=O) groups excluding carboxylic acids is 4. The summed E-state index contributed by atoms with van der Waals surface area (Å²) in [5, 5.41) is 11.5. The van der Waals surface area contributed by atoms with Gasteiger partial charge < -0.3 is 30.7 Å². The summed E-state index contributed by atoms with van der Waals surface area (Å²) in [5.41, 5.74) is 0.204. The Morgan fingerprint density at radius 2 is 1.79 bits per heavy atom. The van der Waals surface area contributed by atoms with Gasteiger partial charge in [-0.2, -0.15) is 0 Å². The molecule has 1 aliphatic heterocycles. The van der Waals surface area contributed by atoms with Crippen LogP contribution in [-0.2, 0) is 14.4 Å². The van der Waals surface area contributed by atoms with Crippen molar-refractivity contribution in [3.63, 3.8) is 0 Å². The fraction of sp³-hybridized carbons (Fsp3) is 0.429.